The lowest BCUT2D eigenvalue weighted by Gasteiger charge is -2.35. The summed E-state index contributed by atoms with van der Waals surface area (Å²) in [5, 5.41) is 4.12. The molecule has 26 heavy (non-hydrogen) atoms. The summed E-state index contributed by atoms with van der Waals surface area (Å²) in [7, 11) is 0. The smallest absolute Gasteiger partial charge is 0.230 e. The Morgan fingerprint density at radius 1 is 1.12 bits per heavy atom. The van der Waals surface area contributed by atoms with Gasteiger partial charge in [-0.15, -0.1) is 0 Å². The van der Waals surface area contributed by atoms with E-state index in [1.54, 1.807) is 0 Å². The summed E-state index contributed by atoms with van der Waals surface area (Å²) in [4.78, 5) is 23.5. The molecule has 1 amide bonds. The monoisotopic (exact) mass is 351 g/mol. The largest absolute Gasteiger partial charge is 0.342 e. The highest BCUT2D eigenvalue weighted by atomic mass is 16.5. The Labute approximate surface area is 151 Å². The van der Waals surface area contributed by atoms with Gasteiger partial charge in [0.1, 0.15) is 11.3 Å². The van der Waals surface area contributed by atoms with Gasteiger partial charge in [-0.05, 0) is 37.8 Å². The van der Waals surface area contributed by atoms with E-state index in [0.717, 1.165) is 44.4 Å². The molecule has 134 valence electrons. The molecule has 3 aromatic heterocycles. The molecule has 1 saturated carbocycles. The van der Waals surface area contributed by atoms with E-state index in [9.17, 15) is 4.79 Å². The quantitative estimate of drug-likeness (QED) is 0.725. The van der Waals surface area contributed by atoms with Gasteiger partial charge in [0.2, 0.25) is 17.6 Å². The van der Waals surface area contributed by atoms with E-state index in [4.69, 9.17) is 4.52 Å². The van der Waals surface area contributed by atoms with E-state index in [2.05, 4.69) is 15.1 Å². The highest BCUT2D eigenvalue weighted by molar-refractivity contribution is 5.79. The molecule has 5 rings (SSSR count). The van der Waals surface area contributed by atoms with Crippen LogP contribution in [0.1, 0.15) is 43.9 Å². The number of amides is 1. The van der Waals surface area contributed by atoms with Crippen molar-refractivity contribution in [3.8, 4) is 11.5 Å². The zero-order chi connectivity index (χ0) is 17.5. The van der Waals surface area contributed by atoms with E-state index >= 15 is 0 Å². The van der Waals surface area contributed by atoms with Crippen LogP contribution in [-0.2, 0) is 4.79 Å². The van der Waals surface area contributed by atoms with Gasteiger partial charge in [-0.1, -0.05) is 17.6 Å². The van der Waals surface area contributed by atoms with E-state index < -0.39 is 0 Å². The van der Waals surface area contributed by atoms with Crippen molar-refractivity contribution in [2.75, 3.05) is 13.1 Å². The molecule has 1 aliphatic carbocycles. The highest BCUT2D eigenvalue weighted by Crippen LogP contribution is 2.32. The first-order valence-electron chi connectivity index (χ1n) is 9.34. The van der Waals surface area contributed by atoms with Gasteiger partial charge in [0.05, 0.1) is 0 Å². The normalized spacial score (nSPS) is 19.0. The van der Waals surface area contributed by atoms with E-state index in [-0.39, 0.29) is 11.8 Å². The van der Waals surface area contributed by atoms with Crippen LogP contribution in [0.5, 0.6) is 0 Å². The lowest BCUT2D eigenvalue weighted by atomic mass is 9.83. The molecule has 2 aliphatic rings. The van der Waals surface area contributed by atoms with E-state index in [1.165, 1.54) is 6.42 Å². The third kappa shape index (κ3) is 2.67. The van der Waals surface area contributed by atoms with Crippen molar-refractivity contribution in [3.05, 3.63) is 36.5 Å². The number of carbonyl (C=O) groups excluding carboxylic acids is 1. The van der Waals surface area contributed by atoms with Crippen molar-refractivity contribution < 1.29 is 9.32 Å². The zero-order valence-electron chi connectivity index (χ0n) is 14.5. The van der Waals surface area contributed by atoms with Crippen molar-refractivity contribution in [2.45, 2.75) is 38.0 Å². The minimum absolute atomic E-state index is 0.221. The zero-order valence-corrected chi connectivity index (χ0v) is 14.5. The SMILES string of the molecule is O=C(C1CCC1)N1CCC(c2nc(-c3cn4ccccc4n3)no2)CC1. The van der Waals surface area contributed by atoms with Crippen molar-refractivity contribution in [1.29, 1.82) is 0 Å². The average molecular weight is 351 g/mol. The predicted molar refractivity (Wildman–Crippen MR) is 94.4 cm³/mol. The first kappa shape index (κ1) is 15.5. The van der Waals surface area contributed by atoms with E-state index in [0.29, 0.717) is 23.3 Å². The third-order valence-corrected chi connectivity index (χ3v) is 5.65. The summed E-state index contributed by atoms with van der Waals surface area (Å²) >= 11 is 0. The van der Waals surface area contributed by atoms with Crippen LogP contribution < -0.4 is 0 Å². The minimum atomic E-state index is 0.221. The average Bonchev–Trinajstić information content (AvgIpc) is 3.27. The van der Waals surface area contributed by atoms with Crippen molar-refractivity contribution >= 4 is 11.6 Å². The number of nitrogens with zero attached hydrogens (tertiary/aromatic N) is 5. The fourth-order valence-electron chi connectivity index (χ4n) is 3.81. The van der Waals surface area contributed by atoms with Crippen LogP contribution in [0.25, 0.3) is 17.2 Å². The number of pyridine rings is 1. The maximum absolute atomic E-state index is 12.4. The van der Waals surface area contributed by atoms with Crippen molar-refractivity contribution in [3.63, 3.8) is 0 Å². The van der Waals surface area contributed by atoms with Gasteiger partial charge in [-0.3, -0.25) is 4.79 Å². The van der Waals surface area contributed by atoms with Gasteiger partial charge >= 0.3 is 0 Å². The molecule has 0 spiro atoms. The summed E-state index contributed by atoms with van der Waals surface area (Å²) < 4.78 is 7.46. The first-order valence-corrected chi connectivity index (χ1v) is 9.34. The Morgan fingerprint density at radius 3 is 2.69 bits per heavy atom. The van der Waals surface area contributed by atoms with Crippen LogP contribution in [0.4, 0.5) is 0 Å². The molecule has 0 radical (unpaired) electrons. The Kier molecular flexibility index (Phi) is 3.72. The van der Waals surface area contributed by atoms with E-state index in [1.807, 2.05) is 39.9 Å². The molecule has 1 saturated heterocycles. The lowest BCUT2D eigenvalue weighted by molar-refractivity contribution is -0.139. The molecule has 0 aromatic carbocycles. The number of hydrogen-bond donors (Lipinski definition) is 0. The molecule has 7 heteroatoms. The van der Waals surface area contributed by atoms with Gasteiger partial charge in [0.15, 0.2) is 0 Å². The van der Waals surface area contributed by atoms with Crippen LogP contribution in [0.2, 0.25) is 0 Å². The minimum Gasteiger partial charge on any atom is -0.342 e. The summed E-state index contributed by atoms with van der Waals surface area (Å²) in [6.45, 7) is 1.57. The van der Waals surface area contributed by atoms with Crippen LogP contribution in [0.3, 0.4) is 0 Å². The fraction of sp³-hybridized carbons (Fsp3) is 0.474. The number of likely N-dealkylation sites (tertiary alicyclic amines) is 1. The third-order valence-electron chi connectivity index (χ3n) is 5.65. The Bertz CT molecular complexity index is 901. The van der Waals surface area contributed by atoms with Crippen molar-refractivity contribution in [1.82, 2.24) is 24.4 Å². The fourth-order valence-corrected chi connectivity index (χ4v) is 3.81. The number of rotatable bonds is 3. The number of hydrogen-bond acceptors (Lipinski definition) is 5. The topological polar surface area (TPSA) is 76.5 Å². The van der Waals surface area contributed by atoms with Crippen molar-refractivity contribution in [2.24, 2.45) is 5.92 Å². The van der Waals surface area contributed by atoms with Crippen LogP contribution >= 0.6 is 0 Å². The maximum Gasteiger partial charge on any atom is 0.230 e. The van der Waals surface area contributed by atoms with Crippen LogP contribution in [-0.4, -0.2) is 43.4 Å². The summed E-state index contributed by atoms with van der Waals surface area (Å²) in [6, 6.07) is 5.85. The number of aromatic nitrogens is 4. The van der Waals surface area contributed by atoms with Gasteiger partial charge in [-0.2, -0.15) is 4.98 Å². The maximum atomic E-state index is 12.4. The second-order valence-corrected chi connectivity index (χ2v) is 7.28. The Balaban J connectivity index is 1.28. The standard InChI is InChI=1S/C19H21N5O2/c25-19(14-4-3-5-14)23-10-7-13(8-11-23)18-21-17(22-26-18)15-12-24-9-2-1-6-16(24)20-15/h1-2,6,9,12-14H,3-5,7-8,10-11H2. The molecule has 3 aromatic rings. The lowest BCUT2D eigenvalue weighted by Crippen LogP contribution is -2.43. The van der Waals surface area contributed by atoms with Gasteiger partial charge < -0.3 is 13.8 Å². The molecule has 0 bridgehead atoms. The summed E-state index contributed by atoms with van der Waals surface area (Å²) in [5.74, 6) is 2.02. The molecule has 7 nitrogen and oxygen atoms in total. The highest BCUT2D eigenvalue weighted by Gasteiger charge is 2.33. The van der Waals surface area contributed by atoms with Gasteiger partial charge in [0.25, 0.3) is 0 Å². The summed E-state index contributed by atoms with van der Waals surface area (Å²) in [6.07, 6.45) is 8.93. The van der Waals surface area contributed by atoms with Crippen LogP contribution in [0.15, 0.2) is 35.1 Å². The number of carbonyl (C=O) groups is 1. The van der Waals surface area contributed by atoms with Crippen LogP contribution in [0, 0.1) is 5.92 Å². The molecule has 0 atom stereocenters. The molecule has 0 unspecified atom stereocenters. The number of imidazole rings is 1. The number of fused-ring (bicyclic) bond motifs is 1. The Morgan fingerprint density at radius 2 is 1.96 bits per heavy atom. The molecule has 2 fully saturated rings. The molecule has 1 aliphatic heterocycles. The molecular weight excluding hydrogens is 330 g/mol. The van der Waals surface area contributed by atoms with Gasteiger partial charge in [0, 0.05) is 37.3 Å². The second-order valence-electron chi connectivity index (χ2n) is 7.28. The predicted octanol–water partition coefficient (Wildman–Crippen LogP) is 2.89. The van der Waals surface area contributed by atoms with Gasteiger partial charge in [-0.25, -0.2) is 4.98 Å². The first-order chi connectivity index (χ1) is 12.8. The Hall–Kier alpha value is -2.70. The number of piperidine rings is 1. The molecule has 0 N–H and O–H groups in total. The second kappa shape index (κ2) is 6.23. The molecule has 4 heterocycles. The summed E-state index contributed by atoms with van der Waals surface area (Å²) in [5.41, 5.74) is 1.57. The molecular formula is C19H21N5O2.